The number of imidazole rings is 1. The lowest BCUT2D eigenvalue weighted by Crippen LogP contribution is -2.38. The van der Waals surface area contributed by atoms with Crippen LogP contribution in [0, 0.1) is 41.4 Å². The predicted molar refractivity (Wildman–Crippen MR) is 305 cm³/mol. The summed E-state index contributed by atoms with van der Waals surface area (Å²) in [6.07, 6.45) is 14.0. The number of amides is 1. The minimum atomic E-state index is -0.761. The van der Waals surface area contributed by atoms with Gasteiger partial charge in [0.15, 0.2) is 0 Å². The van der Waals surface area contributed by atoms with Gasteiger partial charge in [-0.25, -0.2) is 4.98 Å². The summed E-state index contributed by atoms with van der Waals surface area (Å²) in [6.45, 7) is 11.9. The van der Waals surface area contributed by atoms with Gasteiger partial charge >= 0.3 is 0 Å². The van der Waals surface area contributed by atoms with E-state index in [2.05, 4.69) is 103 Å². The van der Waals surface area contributed by atoms with Gasteiger partial charge in [-0.15, -0.1) is 11.3 Å². The highest BCUT2D eigenvalue weighted by Gasteiger charge is 2.58. The molecule has 5 fully saturated rings. The number of aryl methyl sites for hydroxylation is 1. The van der Waals surface area contributed by atoms with Crippen LogP contribution in [0.15, 0.2) is 75.4 Å². The molecule has 76 heavy (non-hydrogen) atoms. The van der Waals surface area contributed by atoms with E-state index < -0.39 is 18.1 Å². The van der Waals surface area contributed by atoms with Crippen molar-refractivity contribution in [3.8, 4) is 10.4 Å². The predicted octanol–water partition coefficient (Wildman–Crippen LogP) is 12.5. The lowest BCUT2D eigenvalue weighted by atomic mass is 9.71. The number of aromatic nitrogens is 4. The van der Waals surface area contributed by atoms with Crippen molar-refractivity contribution in [2.45, 2.75) is 161 Å². The van der Waals surface area contributed by atoms with Crippen LogP contribution in [0.3, 0.4) is 0 Å². The Labute approximate surface area is 459 Å². The fourth-order valence-electron chi connectivity index (χ4n) is 13.8. The van der Waals surface area contributed by atoms with Crippen molar-refractivity contribution in [1.29, 1.82) is 0 Å². The van der Waals surface area contributed by atoms with Gasteiger partial charge in [0, 0.05) is 46.6 Å². The number of piperidine rings is 1. The first-order valence-electron chi connectivity index (χ1n) is 28.7. The number of aliphatic hydroxyl groups excluding tert-OH is 1. The summed E-state index contributed by atoms with van der Waals surface area (Å²) in [5.41, 5.74) is 8.81. The molecule has 404 valence electrons. The maximum absolute atomic E-state index is 14.4. The Kier molecular flexibility index (Phi) is 15.6. The normalized spacial score (nSPS) is 22.5. The van der Waals surface area contributed by atoms with Crippen LogP contribution in [0.4, 0.5) is 0 Å². The van der Waals surface area contributed by atoms with Crippen LogP contribution in [0.5, 0.6) is 0 Å². The van der Waals surface area contributed by atoms with Crippen LogP contribution >= 0.6 is 27.3 Å². The monoisotopic (exact) mass is 1110 g/mol. The summed E-state index contributed by atoms with van der Waals surface area (Å²) in [7, 11) is 0. The molecule has 12 nitrogen and oxygen atoms in total. The van der Waals surface area contributed by atoms with Crippen LogP contribution < -0.4 is 10.9 Å². The third-order valence-electron chi connectivity index (χ3n) is 18.5. The first kappa shape index (κ1) is 53.4. The maximum atomic E-state index is 14.4. The van der Waals surface area contributed by atoms with Crippen molar-refractivity contribution < 1.29 is 24.2 Å². The molecule has 1 saturated heterocycles. The molecule has 1 unspecified atom stereocenters. The Bertz CT molecular complexity index is 3150. The average Bonchev–Trinajstić information content (AvgIpc) is 4.34. The molecule has 0 bridgehead atoms. The quantitative estimate of drug-likeness (QED) is 0.0597. The van der Waals surface area contributed by atoms with Crippen molar-refractivity contribution in [2.24, 2.45) is 34.5 Å². The fraction of sp³-hybridized carbons (Fsp3) is 0.581. The summed E-state index contributed by atoms with van der Waals surface area (Å²) in [6, 6.07) is 21.1. The molecule has 2 N–H and O–H groups in total. The average molecular weight is 1110 g/mol. The van der Waals surface area contributed by atoms with Crippen LogP contribution in [-0.2, 0) is 19.1 Å². The number of ether oxygens (including phenoxy) is 1. The largest absolute Gasteiger partial charge is 0.393 e. The smallest absolute Gasteiger partial charge is 0.283 e. The molecule has 6 aromatic rings. The van der Waals surface area contributed by atoms with Crippen molar-refractivity contribution >= 4 is 72.5 Å². The second kappa shape index (κ2) is 22.3. The third-order valence-corrected chi connectivity index (χ3v) is 20.2. The zero-order chi connectivity index (χ0) is 52.9. The highest BCUT2D eigenvalue weighted by Crippen LogP contribution is 2.62. The number of fused-ring (bicyclic) bond motifs is 5. The number of benzene rings is 3. The number of rotatable bonds is 19. The number of thiazole rings is 1. The van der Waals surface area contributed by atoms with Gasteiger partial charge in [-0.05, 0) is 184 Å². The maximum Gasteiger partial charge on any atom is 0.283 e. The molecule has 4 aliphatic carbocycles. The van der Waals surface area contributed by atoms with Gasteiger partial charge in [-0.1, -0.05) is 70.0 Å². The summed E-state index contributed by atoms with van der Waals surface area (Å²) < 4.78 is 11.8. The third kappa shape index (κ3) is 11.1. The molecule has 11 rings (SSSR count). The molecule has 4 saturated carbocycles. The lowest BCUT2D eigenvalue weighted by molar-refractivity contribution is -0.132. The van der Waals surface area contributed by atoms with Crippen molar-refractivity contribution in [3.63, 3.8) is 0 Å². The summed E-state index contributed by atoms with van der Waals surface area (Å²) in [5, 5.41) is 15.4. The van der Waals surface area contributed by atoms with Crippen LogP contribution in [0.25, 0.3) is 38.2 Å². The number of likely N-dealkylation sites (tertiary alicyclic amines) is 1. The molecule has 3 aromatic heterocycles. The van der Waals surface area contributed by atoms with Gasteiger partial charge in [-0.3, -0.25) is 23.6 Å². The van der Waals surface area contributed by atoms with E-state index in [0.717, 1.165) is 113 Å². The number of hydrogen-bond acceptors (Lipinski definition) is 10. The summed E-state index contributed by atoms with van der Waals surface area (Å²) in [4.78, 5) is 68.3. The van der Waals surface area contributed by atoms with E-state index in [0.29, 0.717) is 80.8 Å². The topological polar surface area (TPSA) is 148 Å². The number of hydrogen-bond donors (Lipinski definition) is 2. The van der Waals surface area contributed by atoms with E-state index in [-0.39, 0.29) is 39.9 Å². The Morgan fingerprint density at radius 1 is 0.908 bits per heavy atom. The number of halogens is 1. The van der Waals surface area contributed by atoms with Gasteiger partial charge in [-0.2, -0.15) is 4.98 Å². The number of ketones is 2. The number of Topliss-reactive ketones (excluding diaryl/α,β-unsaturated/α-hetero) is 2. The highest BCUT2D eigenvalue weighted by atomic mass is 79.9. The molecule has 0 radical (unpaired) electrons. The number of nitrogens with one attached hydrogen (secondary N) is 1. The Balaban J connectivity index is 0.721. The molecule has 14 heteroatoms. The first-order valence-corrected chi connectivity index (χ1v) is 30.3. The van der Waals surface area contributed by atoms with Gasteiger partial charge in [0.2, 0.25) is 11.7 Å². The van der Waals surface area contributed by atoms with E-state index in [1.807, 2.05) is 30.6 Å². The van der Waals surface area contributed by atoms with Crippen molar-refractivity contribution in [1.82, 2.24) is 29.2 Å². The van der Waals surface area contributed by atoms with Gasteiger partial charge in [0.05, 0.1) is 63.4 Å². The Morgan fingerprint density at radius 2 is 1.64 bits per heavy atom. The molecule has 4 heterocycles. The molecular weight excluding hydrogens is 1040 g/mol. The van der Waals surface area contributed by atoms with E-state index in [9.17, 15) is 24.3 Å². The van der Waals surface area contributed by atoms with E-state index in [4.69, 9.17) is 9.72 Å². The zero-order valence-corrected chi connectivity index (χ0v) is 47.4. The second-order valence-electron chi connectivity index (χ2n) is 24.5. The van der Waals surface area contributed by atoms with Gasteiger partial charge in [0.1, 0.15) is 11.6 Å². The van der Waals surface area contributed by atoms with Crippen molar-refractivity contribution in [2.75, 3.05) is 32.8 Å². The first-order chi connectivity index (χ1) is 36.7. The van der Waals surface area contributed by atoms with Gasteiger partial charge in [0.25, 0.3) is 5.56 Å². The Hall–Kier alpha value is -4.60. The van der Waals surface area contributed by atoms with Crippen LogP contribution in [0.2, 0.25) is 0 Å². The lowest BCUT2D eigenvalue weighted by Gasteiger charge is -2.33. The van der Waals surface area contributed by atoms with Crippen LogP contribution in [0.1, 0.15) is 165 Å². The molecular formula is C62H77BrN6O6S. The fourth-order valence-corrected chi connectivity index (χ4v) is 15.2. The minimum Gasteiger partial charge on any atom is -0.393 e. The summed E-state index contributed by atoms with van der Waals surface area (Å²) in [5.74, 6) is 1.24. The standard InChI is InChI=1S/C62H77BrN6O6S/c1-38-57(76-37-64-38)41-17-15-40(16-18-41)50(65-58(73)44-20-19-43(33-47(70)34-44)56(72)48(61(2,3)4)11-7-14-54(71)62(27-28-62)45-22-23-45)36-75-32-31-67-29-25-39(26-30-67)42-21-24-51-53(35-42)68(46-9-5-6-10-46)60-66-59(74)55-49(63)12-8-13-52(55)69(51)60/h8,12-13,15-18,21,24,35,37,39,43-48,50,70H,5-7,9-11,14,19-20,22-23,25-34,36H2,1-4H3,(H,65,73)/t43?,44-,47-,48+,50-/m0/s1. The Morgan fingerprint density at radius 3 is 2.34 bits per heavy atom. The highest BCUT2D eigenvalue weighted by molar-refractivity contribution is 9.10. The number of carbonyl (C=O) groups is 3. The zero-order valence-electron chi connectivity index (χ0n) is 45.0. The van der Waals surface area contributed by atoms with E-state index >= 15 is 0 Å². The van der Waals surface area contributed by atoms with E-state index in [1.165, 1.54) is 31.2 Å². The van der Waals surface area contributed by atoms with Crippen molar-refractivity contribution in [3.05, 3.63) is 97.8 Å². The summed E-state index contributed by atoms with van der Waals surface area (Å²) >= 11 is 5.24. The van der Waals surface area contributed by atoms with E-state index in [1.54, 1.807) is 11.3 Å². The molecule has 1 amide bonds. The number of aliphatic hydroxyl groups is 1. The molecule has 3 aromatic carbocycles. The SMILES string of the molecule is Cc1ncsc1-c1ccc([C@H](COCCN2CCC(c3ccc4c(c3)n(C3CCCC3)c3nc(=O)c5c(Br)cccc5n43)CC2)NC(=O)[C@H]2CCC(C(=O)[C@@H](CCCC(=O)C3(C4CC4)CC3)C(C)(C)C)C[C@H](O)C2)cc1. The minimum absolute atomic E-state index is 0.0472. The van der Waals surface area contributed by atoms with Gasteiger partial charge < -0.3 is 24.6 Å². The molecule has 1 aliphatic heterocycles. The molecule has 5 atom stereocenters. The number of carbonyl (C=O) groups excluding carboxylic acids is 3. The molecule has 5 aliphatic rings. The number of nitrogens with zero attached hydrogens (tertiary/aromatic N) is 5. The molecule has 0 spiro atoms. The van der Waals surface area contributed by atoms with Crippen LogP contribution in [-0.4, -0.2) is 85.4 Å². The second-order valence-corrected chi connectivity index (χ2v) is 26.3.